The molecule has 0 unspecified atom stereocenters. The molecule has 1 aliphatic rings. The van der Waals surface area contributed by atoms with Crippen LogP contribution in [0.15, 0.2) is 18.3 Å². The largest absolute Gasteiger partial charge is 0.444 e. The fourth-order valence-corrected chi connectivity index (χ4v) is 3.25. The standard InChI is InChI=1S/C21H28N6O2/c1-13(2)24-19-17-9-18(23-11-14(17)8-16(10-22)26-19)25-15-6-7-27(12-15)20(28)29-21(3,4)5/h8-9,11,13,15H,6-7,12H2,1-5H3,(H,23,25)(H,24,26)/t15-/m0/s1. The summed E-state index contributed by atoms with van der Waals surface area (Å²) >= 11 is 0. The first kappa shape index (κ1) is 20.6. The van der Waals surface area contributed by atoms with Crippen LogP contribution in [0.1, 0.15) is 46.7 Å². The Morgan fingerprint density at radius 1 is 1.38 bits per heavy atom. The predicted molar refractivity (Wildman–Crippen MR) is 113 cm³/mol. The molecule has 154 valence electrons. The Balaban J connectivity index is 1.76. The first-order chi connectivity index (χ1) is 13.6. The van der Waals surface area contributed by atoms with E-state index in [4.69, 9.17) is 4.74 Å². The van der Waals surface area contributed by atoms with Gasteiger partial charge in [0, 0.05) is 42.1 Å². The van der Waals surface area contributed by atoms with E-state index in [2.05, 4.69) is 26.7 Å². The van der Waals surface area contributed by atoms with Crippen LogP contribution in [0, 0.1) is 11.3 Å². The van der Waals surface area contributed by atoms with Gasteiger partial charge in [0.15, 0.2) is 0 Å². The van der Waals surface area contributed by atoms with Crippen molar-refractivity contribution in [3.63, 3.8) is 0 Å². The minimum absolute atomic E-state index is 0.0975. The minimum atomic E-state index is -0.502. The lowest BCUT2D eigenvalue weighted by Crippen LogP contribution is -2.36. The van der Waals surface area contributed by atoms with Gasteiger partial charge in [-0.05, 0) is 53.2 Å². The number of carbonyl (C=O) groups excluding carboxylic acids is 1. The van der Waals surface area contributed by atoms with Gasteiger partial charge in [-0.2, -0.15) is 5.26 Å². The van der Waals surface area contributed by atoms with Crippen LogP contribution in [-0.4, -0.2) is 51.7 Å². The molecule has 2 aromatic rings. The molecule has 8 heteroatoms. The predicted octanol–water partition coefficient (Wildman–Crippen LogP) is 3.74. The lowest BCUT2D eigenvalue weighted by atomic mass is 10.1. The van der Waals surface area contributed by atoms with Gasteiger partial charge in [0.05, 0.1) is 0 Å². The molecule has 1 amide bonds. The van der Waals surface area contributed by atoms with Crippen LogP contribution in [0.25, 0.3) is 10.8 Å². The smallest absolute Gasteiger partial charge is 0.410 e. The Bertz CT molecular complexity index is 945. The second kappa shape index (κ2) is 8.11. The van der Waals surface area contributed by atoms with Gasteiger partial charge in [-0.3, -0.25) is 0 Å². The number of pyridine rings is 2. The summed E-state index contributed by atoms with van der Waals surface area (Å²) in [6.45, 7) is 10.9. The van der Waals surface area contributed by atoms with E-state index in [9.17, 15) is 10.1 Å². The Labute approximate surface area is 171 Å². The average Bonchev–Trinajstić information content (AvgIpc) is 3.08. The average molecular weight is 396 g/mol. The second-order valence-corrected chi connectivity index (χ2v) is 8.61. The van der Waals surface area contributed by atoms with Gasteiger partial charge in [0.1, 0.15) is 29.0 Å². The molecule has 0 radical (unpaired) electrons. The van der Waals surface area contributed by atoms with E-state index in [1.54, 1.807) is 17.2 Å². The molecule has 1 aliphatic heterocycles. The quantitative estimate of drug-likeness (QED) is 0.811. The van der Waals surface area contributed by atoms with E-state index >= 15 is 0 Å². The SMILES string of the molecule is CC(C)Nc1nc(C#N)cc2cnc(N[C@H]3CCN(C(=O)OC(C)(C)C)C3)cc12. The number of aromatic nitrogens is 2. The molecule has 0 aliphatic carbocycles. The molecular weight excluding hydrogens is 368 g/mol. The first-order valence-electron chi connectivity index (χ1n) is 9.86. The highest BCUT2D eigenvalue weighted by atomic mass is 16.6. The number of rotatable bonds is 4. The van der Waals surface area contributed by atoms with Gasteiger partial charge in [0.2, 0.25) is 0 Å². The molecular formula is C21H28N6O2. The van der Waals surface area contributed by atoms with Crippen molar-refractivity contribution in [2.75, 3.05) is 23.7 Å². The number of nitrogens with one attached hydrogen (secondary N) is 2. The third-order valence-electron chi connectivity index (χ3n) is 4.45. The van der Waals surface area contributed by atoms with Crippen molar-refractivity contribution in [2.45, 2.75) is 58.7 Å². The van der Waals surface area contributed by atoms with E-state index in [0.29, 0.717) is 30.4 Å². The fraction of sp³-hybridized carbons (Fsp3) is 0.524. The topological polar surface area (TPSA) is 103 Å². The van der Waals surface area contributed by atoms with Crippen LogP contribution < -0.4 is 10.6 Å². The lowest BCUT2D eigenvalue weighted by molar-refractivity contribution is 0.0293. The van der Waals surface area contributed by atoms with Crippen LogP contribution >= 0.6 is 0 Å². The normalized spacial score (nSPS) is 16.7. The van der Waals surface area contributed by atoms with E-state index in [1.807, 2.05) is 40.7 Å². The van der Waals surface area contributed by atoms with Gasteiger partial charge in [0.25, 0.3) is 0 Å². The van der Waals surface area contributed by atoms with E-state index in [0.717, 1.165) is 17.2 Å². The summed E-state index contributed by atoms with van der Waals surface area (Å²) in [6, 6.07) is 6.04. The Morgan fingerprint density at radius 3 is 2.79 bits per heavy atom. The first-order valence-corrected chi connectivity index (χ1v) is 9.86. The summed E-state index contributed by atoms with van der Waals surface area (Å²) < 4.78 is 5.45. The highest BCUT2D eigenvalue weighted by molar-refractivity contribution is 5.93. The minimum Gasteiger partial charge on any atom is -0.444 e. The highest BCUT2D eigenvalue weighted by Gasteiger charge is 2.30. The van der Waals surface area contributed by atoms with Crippen molar-refractivity contribution in [3.05, 3.63) is 24.0 Å². The van der Waals surface area contributed by atoms with Crippen LogP contribution in [0.3, 0.4) is 0 Å². The van der Waals surface area contributed by atoms with Gasteiger partial charge >= 0.3 is 6.09 Å². The van der Waals surface area contributed by atoms with Crippen molar-refractivity contribution in [2.24, 2.45) is 0 Å². The maximum Gasteiger partial charge on any atom is 0.410 e. The molecule has 0 aromatic carbocycles. The monoisotopic (exact) mass is 396 g/mol. The van der Waals surface area contributed by atoms with E-state index in [-0.39, 0.29) is 18.2 Å². The number of likely N-dealkylation sites (tertiary alicyclic amines) is 1. The Morgan fingerprint density at radius 2 is 2.14 bits per heavy atom. The summed E-state index contributed by atoms with van der Waals surface area (Å²) in [5, 5.41) is 17.7. The van der Waals surface area contributed by atoms with E-state index in [1.165, 1.54) is 0 Å². The molecule has 0 spiro atoms. The number of amides is 1. The maximum absolute atomic E-state index is 12.3. The molecule has 0 saturated carbocycles. The third-order valence-corrected chi connectivity index (χ3v) is 4.45. The molecule has 3 heterocycles. The number of nitrogens with zero attached hydrogens (tertiary/aromatic N) is 4. The summed E-state index contributed by atoms with van der Waals surface area (Å²) in [4.78, 5) is 22.9. The molecule has 1 atom stereocenters. The number of ether oxygens (including phenoxy) is 1. The molecule has 3 rings (SSSR count). The zero-order valence-corrected chi connectivity index (χ0v) is 17.6. The maximum atomic E-state index is 12.3. The Hall–Kier alpha value is -3.08. The summed E-state index contributed by atoms with van der Waals surface area (Å²) in [7, 11) is 0. The zero-order valence-electron chi connectivity index (χ0n) is 17.6. The third kappa shape index (κ3) is 5.25. The van der Waals surface area contributed by atoms with Crippen molar-refractivity contribution in [1.82, 2.24) is 14.9 Å². The number of hydrogen-bond acceptors (Lipinski definition) is 7. The lowest BCUT2D eigenvalue weighted by Gasteiger charge is -2.24. The number of nitriles is 1. The van der Waals surface area contributed by atoms with Crippen LogP contribution in [0.4, 0.5) is 16.4 Å². The van der Waals surface area contributed by atoms with Crippen LogP contribution in [-0.2, 0) is 4.74 Å². The molecule has 1 saturated heterocycles. The van der Waals surface area contributed by atoms with Gasteiger partial charge in [-0.1, -0.05) is 0 Å². The summed E-state index contributed by atoms with van der Waals surface area (Å²) in [6.07, 6.45) is 2.28. The van der Waals surface area contributed by atoms with Crippen molar-refractivity contribution in [1.29, 1.82) is 5.26 Å². The van der Waals surface area contributed by atoms with E-state index < -0.39 is 5.60 Å². The van der Waals surface area contributed by atoms with Crippen LogP contribution in [0.5, 0.6) is 0 Å². The highest BCUT2D eigenvalue weighted by Crippen LogP contribution is 2.26. The van der Waals surface area contributed by atoms with Crippen molar-refractivity contribution in [3.8, 4) is 6.07 Å². The fourth-order valence-electron chi connectivity index (χ4n) is 3.25. The summed E-state index contributed by atoms with van der Waals surface area (Å²) in [5.41, 5.74) is -0.149. The van der Waals surface area contributed by atoms with Crippen molar-refractivity contribution >= 4 is 28.5 Å². The molecule has 2 aromatic heterocycles. The number of carbonyl (C=O) groups is 1. The number of anilines is 2. The molecule has 29 heavy (non-hydrogen) atoms. The van der Waals surface area contributed by atoms with Gasteiger partial charge < -0.3 is 20.3 Å². The Kier molecular flexibility index (Phi) is 5.78. The van der Waals surface area contributed by atoms with Crippen LogP contribution in [0.2, 0.25) is 0 Å². The molecule has 0 bridgehead atoms. The number of fused-ring (bicyclic) bond motifs is 1. The van der Waals surface area contributed by atoms with Gasteiger partial charge in [-0.15, -0.1) is 0 Å². The number of hydrogen-bond donors (Lipinski definition) is 2. The molecule has 1 fully saturated rings. The second-order valence-electron chi connectivity index (χ2n) is 8.61. The molecule has 8 nitrogen and oxygen atoms in total. The summed E-state index contributed by atoms with van der Waals surface area (Å²) in [5.74, 6) is 1.38. The van der Waals surface area contributed by atoms with Crippen molar-refractivity contribution < 1.29 is 9.53 Å². The van der Waals surface area contributed by atoms with Gasteiger partial charge in [-0.25, -0.2) is 14.8 Å². The molecule has 2 N–H and O–H groups in total. The zero-order chi connectivity index (χ0) is 21.2.